The van der Waals surface area contributed by atoms with Crippen LogP contribution in [0.2, 0.25) is 0 Å². The molecule has 0 spiro atoms. The Hall–Kier alpha value is -1.28. The molecular formula is C14H21BrN2O4S. The lowest BCUT2D eigenvalue weighted by Gasteiger charge is -2.21. The van der Waals surface area contributed by atoms with Crippen LogP contribution in [-0.2, 0) is 9.47 Å². The van der Waals surface area contributed by atoms with E-state index in [-0.39, 0.29) is 0 Å². The molecule has 0 fully saturated rings. The fraction of sp³-hybridized carbons (Fsp3) is 0.571. The Labute approximate surface area is 142 Å². The molecule has 0 radical (unpaired) electrons. The van der Waals surface area contributed by atoms with Crippen LogP contribution in [0.1, 0.15) is 41.5 Å². The van der Waals surface area contributed by atoms with Crippen molar-refractivity contribution in [3.63, 3.8) is 0 Å². The summed E-state index contributed by atoms with van der Waals surface area (Å²) in [6.45, 7) is 10.6. The number of carbonyl (C=O) groups is 2. The van der Waals surface area contributed by atoms with Crippen LogP contribution in [0, 0.1) is 0 Å². The van der Waals surface area contributed by atoms with Crippen molar-refractivity contribution >= 4 is 50.8 Å². The summed E-state index contributed by atoms with van der Waals surface area (Å²) in [7, 11) is 0. The van der Waals surface area contributed by atoms with Gasteiger partial charge in [-0.15, -0.1) is 11.3 Å². The second-order valence-electron chi connectivity index (χ2n) is 6.55. The van der Waals surface area contributed by atoms with E-state index in [1.807, 2.05) is 0 Å². The minimum Gasteiger partial charge on any atom is -0.444 e. The smallest absolute Gasteiger partial charge is 0.412 e. The number of anilines is 2. The van der Waals surface area contributed by atoms with Gasteiger partial charge in [0.25, 0.3) is 0 Å². The molecule has 0 saturated heterocycles. The second-order valence-corrected chi connectivity index (χ2v) is 8.75. The molecule has 1 heterocycles. The first-order chi connectivity index (χ1) is 9.87. The SMILES string of the molecule is CC(C)(C)OC(=O)Nc1csc(Br)c1NC(=O)OC(C)(C)C. The van der Waals surface area contributed by atoms with Crippen LogP contribution in [-0.4, -0.2) is 23.4 Å². The number of amides is 2. The Bertz CT molecular complexity index is 558. The highest BCUT2D eigenvalue weighted by Crippen LogP contribution is 2.37. The number of hydrogen-bond donors (Lipinski definition) is 2. The van der Waals surface area contributed by atoms with E-state index in [0.29, 0.717) is 15.2 Å². The van der Waals surface area contributed by atoms with Crippen LogP contribution in [0.5, 0.6) is 0 Å². The summed E-state index contributed by atoms with van der Waals surface area (Å²) in [4.78, 5) is 23.7. The molecule has 8 heteroatoms. The maximum Gasteiger partial charge on any atom is 0.412 e. The van der Waals surface area contributed by atoms with Gasteiger partial charge in [0.1, 0.15) is 11.2 Å². The first-order valence-corrected chi connectivity index (χ1v) is 8.31. The monoisotopic (exact) mass is 392 g/mol. The van der Waals surface area contributed by atoms with Gasteiger partial charge in [-0.3, -0.25) is 10.6 Å². The van der Waals surface area contributed by atoms with Crippen LogP contribution in [0.3, 0.4) is 0 Å². The zero-order valence-electron chi connectivity index (χ0n) is 13.5. The Kier molecular flexibility index (Phi) is 5.86. The molecule has 1 aromatic heterocycles. The first kappa shape index (κ1) is 18.8. The third kappa shape index (κ3) is 6.65. The van der Waals surface area contributed by atoms with E-state index >= 15 is 0 Å². The van der Waals surface area contributed by atoms with Crippen molar-refractivity contribution in [2.24, 2.45) is 0 Å². The Morgan fingerprint density at radius 1 is 1.00 bits per heavy atom. The molecule has 6 nitrogen and oxygen atoms in total. The van der Waals surface area contributed by atoms with Gasteiger partial charge in [-0.1, -0.05) is 0 Å². The number of rotatable bonds is 2. The van der Waals surface area contributed by atoms with Crippen LogP contribution in [0.15, 0.2) is 9.17 Å². The summed E-state index contributed by atoms with van der Waals surface area (Å²) in [6.07, 6.45) is -1.19. The topological polar surface area (TPSA) is 76.7 Å². The second kappa shape index (κ2) is 6.87. The van der Waals surface area contributed by atoms with Crippen LogP contribution >= 0.6 is 27.3 Å². The van der Waals surface area contributed by atoms with Gasteiger partial charge in [0.15, 0.2) is 0 Å². The van der Waals surface area contributed by atoms with E-state index in [1.165, 1.54) is 11.3 Å². The minimum atomic E-state index is -0.606. The number of thiophene rings is 1. The highest BCUT2D eigenvalue weighted by atomic mass is 79.9. The van der Waals surface area contributed by atoms with Gasteiger partial charge < -0.3 is 9.47 Å². The van der Waals surface area contributed by atoms with Crippen molar-refractivity contribution in [2.45, 2.75) is 52.7 Å². The molecule has 0 aromatic carbocycles. The predicted octanol–water partition coefficient (Wildman–Crippen LogP) is 5.20. The Morgan fingerprint density at radius 3 is 1.91 bits per heavy atom. The fourth-order valence-corrected chi connectivity index (χ4v) is 2.63. The highest BCUT2D eigenvalue weighted by Gasteiger charge is 2.22. The summed E-state index contributed by atoms with van der Waals surface area (Å²) in [5, 5.41) is 6.92. The van der Waals surface area contributed by atoms with Gasteiger partial charge in [-0.05, 0) is 57.5 Å². The molecule has 0 aliphatic rings. The molecule has 2 N–H and O–H groups in total. The third-order valence-corrected chi connectivity index (χ3v) is 3.73. The Morgan fingerprint density at radius 2 is 1.45 bits per heavy atom. The zero-order chi connectivity index (χ0) is 17.1. The van der Waals surface area contributed by atoms with Crippen molar-refractivity contribution < 1.29 is 19.1 Å². The average Bonchev–Trinajstić information content (AvgIpc) is 2.56. The lowest BCUT2D eigenvalue weighted by atomic mass is 10.2. The molecule has 0 saturated carbocycles. The molecule has 22 heavy (non-hydrogen) atoms. The summed E-state index contributed by atoms with van der Waals surface area (Å²) < 4.78 is 11.1. The molecule has 1 aromatic rings. The number of ether oxygens (including phenoxy) is 2. The van der Waals surface area contributed by atoms with Crippen LogP contribution in [0.4, 0.5) is 21.0 Å². The summed E-state index contributed by atoms with van der Waals surface area (Å²) in [5.74, 6) is 0. The summed E-state index contributed by atoms with van der Waals surface area (Å²) >= 11 is 4.66. The van der Waals surface area contributed by atoms with E-state index in [1.54, 1.807) is 46.9 Å². The van der Waals surface area contributed by atoms with Crippen molar-refractivity contribution in [2.75, 3.05) is 10.6 Å². The van der Waals surface area contributed by atoms with Crippen molar-refractivity contribution in [3.05, 3.63) is 9.17 Å². The minimum absolute atomic E-state index is 0.435. The number of carbonyl (C=O) groups excluding carboxylic acids is 2. The van der Waals surface area contributed by atoms with E-state index < -0.39 is 23.4 Å². The van der Waals surface area contributed by atoms with Gasteiger partial charge in [-0.25, -0.2) is 9.59 Å². The molecule has 124 valence electrons. The zero-order valence-corrected chi connectivity index (χ0v) is 15.9. The molecule has 0 atom stereocenters. The third-order valence-electron chi connectivity index (χ3n) is 2.01. The van der Waals surface area contributed by atoms with E-state index in [0.717, 1.165) is 0 Å². The molecule has 0 unspecified atom stereocenters. The largest absolute Gasteiger partial charge is 0.444 e. The van der Waals surface area contributed by atoms with E-state index in [4.69, 9.17) is 9.47 Å². The number of hydrogen-bond acceptors (Lipinski definition) is 5. The number of halogens is 1. The van der Waals surface area contributed by atoms with Crippen molar-refractivity contribution in [1.29, 1.82) is 0 Å². The normalized spacial score (nSPS) is 11.8. The summed E-state index contributed by atoms with van der Waals surface area (Å²) in [5.41, 5.74) is -0.330. The van der Waals surface area contributed by atoms with E-state index in [2.05, 4.69) is 26.6 Å². The fourth-order valence-electron chi connectivity index (χ4n) is 1.36. The molecule has 2 amide bonds. The standard InChI is InChI=1S/C14H21BrN2O4S/c1-13(2,3)20-11(18)16-8-7-22-10(15)9(8)17-12(19)21-14(4,5)6/h7H,1-6H3,(H,16,18)(H,17,19). The Balaban J connectivity index is 2.79. The van der Waals surface area contributed by atoms with Crippen LogP contribution < -0.4 is 10.6 Å². The lowest BCUT2D eigenvalue weighted by molar-refractivity contribution is 0.0621. The first-order valence-electron chi connectivity index (χ1n) is 6.64. The van der Waals surface area contributed by atoms with Crippen LogP contribution in [0.25, 0.3) is 0 Å². The van der Waals surface area contributed by atoms with Gasteiger partial charge >= 0.3 is 12.2 Å². The molecule has 0 aliphatic carbocycles. The number of nitrogens with one attached hydrogen (secondary N) is 2. The molecule has 0 bridgehead atoms. The quantitative estimate of drug-likeness (QED) is 0.724. The van der Waals surface area contributed by atoms with Gasteiger partial charge in [0, 0.05) is 5.38 Å². The maximum atomic E-state index is 11.9. The summed E-state index contributed by atoms with van der Waals surface area (Å²) in [6, 6.07) is 0. The molecule has 1 rings (SSSR count). The van der Waals surface area contributed by atoms with Crippen molar-refractivity contribution in [3.8, 4) is 0 Å². The van der Waals surface area contributed by atoms with Gasteiger partial charge in [-0.2, -0.15) is 0 Å². The maximum absolute atomic E-state index is 11.9. The van der Waals surface area contributed by atoms with Gasteiger partial charge in [0.05, 0.1) is 15.2 Å². The van der Waals surface area contributed by atoms with E-state index in [9.17, 15) is 9.59 Å². The predicted molar refractivity (Wildman–Crippen MR) is 91.7 cm³/mol. The molecular weight excluding hydrogens is 372 g/mol. The molecule has 0 aliphatic heterocycles. The average molecular weight is 393 g/mol. The highest BCUT2D eigenvalue weighted by molar-refractivity contribution is 9.11. The van der Waals surface area contributed by atoms with Gasteiger partial charge in [0.2, 0.25) is 0 Å². The lowest BCUT2D eigenvalue weighted by Crippen LogP contribution is -2.29. The van der Waals surface area contributed by atoms with Crippen molar-refractivity contribution in [1.82, 2.24) is 0 Å².